The van der Waals surface area contributed by atoms with Crippen LogP contribution in [0.1, 0.15) is 84.2 Å². The van der Waals surface area contributed by atoms with Crippen molar-refractivity contribution in [2.45, 2.75) is 84.7 Å². The lowest BCUT2D eigenvalue weighted by atomic mass is 10.1. The molecule has 1 heterocycles. The molecule has 0 bridgehead atoms. The number of rotatable bonds is 9. The van der Waals surface area contributed by atoms with E-state index < -0.39 is 5.60 Å². The number of carbonyl (C=O) groups is 1. The van der Waals surface area contributed by atoms with Gasteiger partial charge in [-0.15, -0.1) is 0 Å². The SMILES string of the molecule is CCCCCCc1ccc(C(C)/C=C/CC(=O)OC(C)(C)C)o1. The molecule has 1 aromatic heterocycles. The molecular formula is C20H32O3. The fourth-order valence-electron chi connectivity index (χ4n) is 2.35. The highest BCUT2D eigenvalue weighted by molar-refractivity contribution is 5.71. The van der Waals surface area contributed by atoms with Gasteiger partial charge in [0.05, 0.1) is 6.42 Å². The summed E-state index contributed by atoms with van der Waals surface area (Å²) in [6, 6.07) is 4.11. The number of hydrogen-bond acceptors (Lipinski definition) is 3. The van der Waals surface area contributed by atoms with Gasteiger partial charge >= 0.3 is 5.97 Å². The zero-order valence-electron chi connectivity index (χ0n) is 15.4. The van der Waals surface area contributed by atoms with Gasteiger partial charge in [0.2, 0.25) is 0 Å². The topological polar surface area (TPSA) is 39.4 Å². The summed E-state index contributed by atoms with van der Waals surface area (Å²) < 4.78 is 11.2. The van der Waals surface area contributed by atoms with E-state index in [1.165, 1.54) is 25.7 Å². The molecule has 0 aliphatic heterocycles. The molecule has 23 heavy (non-hydrogen) atoms. The van der Waals surface area contributed by atoms with E-state index in [4.69, 9.17) is 9.15 Å². The van der Waals surface area contributed by atoms with Crippen molar-refractivity contribution in [1.29, 1.82) is 0 Å². The van der Waals surface area contributed by atoms with Crippen molar-refractivity contribution in [3.8, 4) is 0 Å². The third kappa shape index (κ3) is 8.63. The van der Waals surface area contributed by atoms with Crippen molar-refractivity contribution in [2.24, 2.45) is 0 Å². The van der Waals surface area contributed by atoms with Crippen molar-refractivity contribution >= 4 is 5.97 Å². The lowest BCUT2D eigenvalue weighted by Crippen LogP contribution is -2.23. The van der Waals surface area contributed by atoms with Crippen LogP contribution in [-0.2, 0) is 16.0 Å². The minimum Gasteiger partial charge on any atom is -0.465 e. The Morgan fingerprint density at radius 3 is 2.65 bits per heavy atom. The van der Waals surface area contributed by atoms with Crippen LogP contribution in [0.15, 0.2) is 28.7 Å². The van der Waals surface area contributed by atoms with Gasteiger partial charge in [0, 0.05) is 12.3 Å². The molecule has 0 aliphatic carbocycles. The normalized spacial score (nSPS) is 13.4. The average molecular weight is 320 g/mol. The molecule has 0 aromatic carbocycles. The molecule has 1 rings (SSSR count). The molecule has 1 atom stereocenters. The summed E-state index contributed by atoms with van der Waals surface area (Å²) in [5.74, 6) is 1.98. The van der Waals surface area contributed by atoms with Gasteiger partial charge in [0.1, 0.15) is 17.1 Å². The molecule has 0 radical (unpaired) electrons. The third-order valence-electron chi connectivity index (χ3n) is 3.54. The Morgan fingerprint density at radius 1 is 1.26 bits per heavy atom. The molecule has 130 valence electrons. The van der Waals surface area contributed by atoms with E-state index in [0.29, 0.717) is 6.42 Å². The van der Waals surface area contributed by atoms with Crippen LogP contribution in [0.2, 0.25) is 0 Å². The molecule has 0 amide bonds. The maximum Gasteiger partial charge on any atom is 0.310 e. The Bertz CT molecular complexity index is 491. The number of unbranched alkanes of at least 4 members (excludes halogenated alkanes) is 3. The summed E-state index contributed by atoms with van der Waals surface area (Å²) in [7, 11) is 0. The first-order valence-electron chi connectivity index (χ1n) is 8.79. The molecule has 0 N–H and O–H groups in total. The van der Waals surface area contributed by atoms with Crippen molar-refractivity contribution in [3.63, 3.8) is 0 Å². The summed E-state index contributed by atoms with van der Waals surface area (Å²) in [4.78, 5) is 11.7. The first kappa shape index (κ1) is 19.5. The van der Waals surface area contributed by atoms with Crippen LogP contribution in [0.4, 0.5) is 0 Å². The Morgan fingerprint density at radius 2 is 2.00 bits per heavy atom. The Balaban J connectivity index is 2.39. The first-order chi connectivity index (χ1) is 10.8. The van der Waals surface area contributed by atoms with E-state index in [-0.39, 0.29) is 11.9 Å². The van der Waals surface area contributed by atoms with Gasteiger partial charge < -0.3 is 9.15 Å². The van der Waals surface area contributed by atoms with Crippen molar-refractivity contribution in [1.82, 2.24) is 0 Å². The van der Waals surface area contributed by atoms with Crippen LogP contribution < -0.4 is 0 Å². The largest absolute Gasteiger partial charge is 0.465 e. The second-order valence-electron chi connectivity index (χ2n) is 7.12. The molecule has 0 saturated carbocycles. The number of furan rings is 1. The third-order valence-corrected chi connectivity index (χ3v) is 3.54. The van der Waals surface area contributed by atoms with Crippen LogP contribution in [0.25, 0.3) is 0 Å². The molecule has 0 fully saturated rings. The van der Waals surface area contributed by atoms with Gasteiger partial charge in [0.25, 0.3) is 0 Å². The fraction of sp³-hybridized carbons (Fsp3) is 0.650. The van der Waals surface area contributed by atoms with Crippen molar-refractivity contribution in [2.75, 3.05) is 0 Å². The van der Waals surface area contributed by atoms with E-state index in [1.807, 2.05) is 39.0 Å². The van der Waals surface area contributed by atoms with E-state index in [1.54, 1.807) is 0 Å². The highest BCUT2D eigenvalue weighted by Crippen LogP contribution is 2.21. The molecule has 3 heteroatoms. The Labute approximate surface area is 141 Å². The number of esters is 1. The van der Waals surface area contributed by atoms with E-state index in [0.717, 1.165) is 17.9 Å². The number of ether oxygens (including phenoxy) is 1. The lowest BCUT2D eigenvalue weighted by Gasteiger charge is -2.18. The van der Waals surface area contributed by atoms with Crippen LogP contribution >= 0.6 is 0 Å². The van der Waals surface area contributed by atoms with Crippen LogP contribution in [0.3, 0.4) is 0 Å². The molecule has 1 unspecified atom stereocenters. The monoisotopic (exact) mass is 320 g/mol. The molecule has 0 saturated heterocycles. The molecular weight excluding hydrogens is 288 g/mol. The second-order valence-corrected chi connectivity index (χ2v) is 7.12. The standard InChI is InChI=1S/C20H32O3/c1-6-7-8-9-12-17-14-15-18(22-17)16(2)11-10-13-19(21)23-20(3,4)5/h10-11,14-16H,6-9,12-13H2,1-5H3/b11-10+. The van der Waals surface area contributed by atoms with Crippen LogP contribution in [-0.4, -0.2) is 11.6 Å². The van der Waals surface area contributed by atoms with Gasteiger partial charge in [-0.3, -0.25) is 4.79 Å². The Hall–Kier alpha value is -1.51. The number of hydrogen-bond donors (Lipinski definition) is 0. The van der Waals surface area contributed by atoms with E-state index in [2.05, 4.69) is 19.9 Å². The summed E-state index contributed by atoms with van der Waals surface area (Å²) >= 11 is 0. The molecule has 0 aliphatic rings. The fourth-order valence-corrected chi connectivity index (χ4v) is 2.35. The van der Waals surface area contributed by atoms with Crippen LogP contribution in [0.5, 0.6) is 0 Å². The summed E-state index contributed by atoms with van der Waals surface area (Å²) in [5, 5.41) is 0. The number of carbonyl (C=O) groups excluding carboxylic acids is 1. The van der Waals surface area contributed by atoms with Crippen molar-refractivity contribution in [3.05, 3.63) is 35.8 Å². The zero-order valence-corrected chi connectivity index (χ0v) is 15.4. The quantitative estimate of drug-likeness (QED) is 0.328. The van der Waals surface area contributed by atoms with E-state index >= 15 is 0 Å². The zero-order chi connectivity index (χ0) is 17.3. The molecule has 1 aromatic rings. The second kappa shape index (κ2) is 9.59. The minimum atomic E-state index is -0.426. The highest BCUT2D eigenvalue weighted by Gasteiger charge is 2.15. The van der Waals surface area contributed by atoms with Gasteiger partial charge in [-0.2, -0.15) is 0 Å². The smallest absolute Gasteiger partial charge is 0.310 e. The van der Waals surface area contributed by atoms with Gasteiger partial charge in [-0.1, -0.05) is 45.3 Å². The molecule has 0 spiro atoms. The Kier molecular flexibility index (Phi) is 8.15. The summed E-state index contributed by atoms with van der Waals surface area (Å²) in [5.41, 5.74) is -0.426. The van der Waals surface area contributed by atoms with Gasteiger partial charge in [-0.25, -0.2) is 0 Å². The first-order valence-corrected chi connectivity index (χ1v) is 8.79. The highest BCUT2D eigenvalue weighted by atomic mass is 16.6. The minimum absolute atomic E-state index is 0.168. The lowest BCUT2D eigenvalue weighted by molar-refractivity contribution is -0.153. The molecule has 3 nitrogen and oxygen atoms in total. The van der Waals surface area contributed by atoms with Gasteiger partial charge in [-0.05, 0) is 39.3 Å². The number of allylic oxidation sites excluding steroid dienone is 1. The number of aryl methyl sites for hydroxylation is 1. The van der Waals surface area contributed by atoms with E-state index in [9.17, 15) is 4.79 Å². The maximum absolute atomic E-state index is 11.7. The average Bonchev–Trinajstić information content (AvgIpc) is 2.90. The predicted octanol–water partition coefficient (Wildman–Crippen LogP) is 5.79. The van der Waals surface area contributed by atoms with Gasteiger partial charge in [0.15, 0.2) is 0 Å². The maximum atomic E-state index is 11.7. The van der Waals surface area contributed by atoms with Crippen LogP contribution in [0, 0.1) is 0 Å². The summed E-state index contributed by atoms with van der Waals surface area (Å²) in [6.45, 7) is 9.92. The predicted molar refractivity (Wildman–Crippen MR) is 94.6 cm³/mol. The van der Waals surface area contributed by atoms with Crippen molar-refractivity contribution < 1.29 is 13.9 Å². The summed E-state index contributed by atoms with van der Waals surface area (Å²) in [6.07, 6.45) is 10.2.